The number of nitrogens with one attached hydrogen (secondary N) is 1. The highest BCUT2D eigenvalue weighted by Crippen LogP contribution is 2.47. The Hall–Kier alpha value is -3.43. The Labute approximate surface area is 218 Å². The first-order valence-corrected chi connectivity index (χ1v) is 13.6. The average molecular weight is 522 g/mol. The number of fused-ring (bicyclic) bond motifs is 5. The summed E-state index contributed by atoms with van der Waals surface area (Å²) in [6, 6.07) is 11.3. The van der Waals surface area contributed by atoms with Crippen molar-refractivity contribution >= 4 is 40.0 Å². The highest BCUT2D eigenvalue weighted by molar-refractivity contribution is 7.81. The number of amides is 1. The molecular formula is C28H31N3O5S. The standard InChI is InChI=1S/C28H31N3O5S/c1-30(2)37(35)29-27(32)18-9-11-23-24(15-18)31-16-20(28(33)34)13-19-14-21(36-3)10-12-22(19)26(31)25(23)17-7-5-4-6-8-17/h9-15,17H,4-8,16H2,1-3H3,(H,29,32)(H,33,34). The van der Waals surface area contributed by atoms with Gasteiger partial charge in [-0.05, 0) is 66.3 Å². The molecule has 1 aliphatic carbocycles. The third kappa shape index (κ3) is 4.69. The maximum Gasteiger partial charge on any atom is 0.333 e. The van der Waals surface area contributed by atoms with Crippen LogP contribution in [0.1, 0.15) is 59.5 Å². The molecule has 5 rings (SSSR count). The number of aromatic nitrogens is 1. The molecule has 1 unspecified atom stereocenters. The predicted molar refractivity (Wildman–Crippen MR) is 145 cm³/mol. The fraction of sp³-hybridized carbons (Fsp3) is 0.357. The lowest BCUT2D eigenvalue weighted by Gasteiger charge is -2.24. The molecule has 1 amide bonds. The molecule has 3 aromatic rings. The normalized spacial score (nSPS) is 16.5. The largest absolute Gasteiger partial charge is 0.497 e. The number of carbonyl (C=O) groups excluding carboxylic acids is 1. The molecule has 8 nitrogen and oxygen atoms in total. The second-order valence-electron chi connectivity index (χ2n) is 9.84. The van der Waals surface area contributed by atoms with Gasteiger partial charge < -0.3 is 14.4 Å². The zero-order valence-electron chi connectivity index (χ0n) is 21.2. The minimum Gasteiger partial charge on any atom is -0.497 e. The molecule has 0 bridgehead atoms. The van der Waals surface area contributed by atoms with Gasteiger partial charge in [0, 0.05) is 36.1 Å². The lowest BCUT2D eigenvalue weighted by molar-refractivity contribution is -0.132. The van der Waals surface area contributed by atoms with Gasteiger partial charge in [0.05, 0.1) is 24.9 Å². The van der Waals surface area contributed by atoms with Crippen molar-refractivity contribution in [2.24, 2.45) is 0 Å². The summed E-state index contributed by atoms with van der Waals surface area (Å²) in [5, 5.41) is 11.1. The first-order chi connectivity index (χ1) is 17.8. The van der Waals surface area contributed by atoms with E-state index in [4.69, 9.17) is 4.74 Å². The molecule has 0 radical (unpaired) electrons. The van der Waals surface area contributed by atoms with Gasteiger partial charge in [-0.15, -0.1) is 0 Å². The van der Waals surface area contributed by atoms with Gasteiger partial charge in [0.1, 0.15) is 5.75 Å². The van der Waals surface area contributed by atoms with E-state index in [2.05, 4.69) is 4.72 Å². The van der Waals surface area contributed by atoms with Gasteiger partial charge in [-0.1, -0.05) is 25.3 Å². The maximum absolute atomic E-state index is 12.9. The molecule has 1 aromatic heterocycles. The van der Waals surface area contributed by atoms with Crippen molar-refractivity contribution in [1.29, 1.82) is 0 Å². The van der Waals surface area contributed by atoms with Gasteiger partial charge in [-0.25, -0.2) is 13.3 Å². The van der Waals surface area contributed by atoms with Gasteiger partial charge in [-0.3, -0.25) is 9.52 Å². The number of aliphatic carboxylic acids is 1. The van der Waals surface area contributed by atoms with E-state index < -0.39 is 23.0 Å². The van der Waals surface area contributed by atoms with Gasteiger partial charge >= 0.3 is 5.97 Å². The van der Waals surface area contributed by atoms with Crippen LogP contribution in [0.5, 0.6) is 5.75 Å². The van der Waals surface area contributed by atoms with Gasteiger partial charge in [-0.2, -0.15) is 0 Å². The van der Waals surface area contributed by atoms with E-state index in [1.165, 1.54) is 16.3 Å². The summed E-state index contributed by atoms with van der Waals surface area (Å²) in [7, 11) is 4.84. The summed E-state index contributed by atoms with van der Waals surface area (Å²) in [4.78, 5) is 25.2. The van der Waals surface area contributed by atoms with E-state index in [1.54, 1.807) is 39.4 Å². The van der Waals surface area contributed by atoms with Crippen molar-refractivity contribution in [3.8, 4) is 17.0 Å². The smallest absolute Gasteiger partial charge is 0.333 e. The minimum atomic E-state index is -1.66. The number of methoxy groups -OCH3 is 1. The van der Waals surface area contributed by atoms with Crippen LogP contribution in [-0.2, 0) is 22.5 Å². The van der Waals surface area contributed by atoms with Gasteiger partial charge in [0.2, 0.25) is 0 Å². The first kappa shape index (κ1) is 25.2. The van der Waals surface area contributed by atoms with Crippen molar-refractivity contribution in [3.63, 3.8) is 0 Å². The topological polar surface area (TPSA) is 101 Å². The van der Waals surface area contributed by atoms with Gasteiger partial charge in [0.25, 0.3) is 5.91 Å². The predicted octanol–water partition coefficient (Wildman–Crippen LogP) is 4.72. The number of carboxylic acids is 1. The molecule has 1 aliphatic heterocycles. The Morgan fingerprint density at radius 1 is 1.11 bits per heavy atom. The SMILES string of the molecule is COc1ccc2c(c1)C=C(C(=O)O)Cn1c-2c(C2CCCCC2)c2ccc(C(=O)NS(=O)N(C)C)cc21. The molecule has 1 saturated carbocycles. The Bertz CT molecular complexity index is 1450. The van der Waals surface area contributed by atoms with Crippen molar-refractivity contribution in [2.45, 2.75) is 44.6 Å². The van der Waals surface area contributed by atoms with Gasteiger partial charge in [0.15, 0.2) is 11.2 Å². The number of nitrogens with zero attached hydrogens (tertiary/aromatic N) is 2. The Morgan fingerprint density at radius 3 is 2.54 bits per heavy atom. The third-order valence-corrected chi connectivity index (χ3v) is 8.36. The molecule has 1 fully saturated rings. The van der Waals surface area contributed by atoms with E-state index in [-0.39, 0.29) is 12.1 Å². The Kier molecular flexibility index (Phi) is 6.92. The van der Waals surface area contributed by atoms with Crippen LogP contribution in [0.3, 0.4) is 0 Å². The number of carboxylic acid groups (broad SMARTS) is 1. The zero-order valence-corrected chi connectivity index (χ0v) is 22.1. The monoisotopic (exact) mass is 521 g/mol. The molecule has 1 atom stereocenters. The van der Waals surface area contributed by atoms with Crippen molar-refractivity contribution in [1.82, 2.24) is 13.6 Å². The van der Waals surface area contributed by atoms with Crippen LogP contribution < -0.4 is 9.46 Å². The Morgan fingerprint density at radius 2 is 1.86 bits per heavy atom. The summed E-state index contributed by atoms with van der Waals surface area (Å²) in [6.45, 7) is 0.166. The number of rotatable bonds is 6. The van der Waals surface area contributed by atoms with E-state index in [0.29, 0.717) is 17.2 Å². The number of hydrogen-bond donors (Lipinski definition) is 2. The molecule has 2 aromatic carbocycles. The second-order valence-corrected chi connectivity index (χ2v) is 11.3. The molecule has 0 spiro atoms. The van der Waals surface area contributed by atoms with Crippen LogP contribution in [0.25, 0.3) is 28.2 Å². The molecule has 0 saturated heterocycles. The maximum atomic E-state index is 12.9. The summed E-state index contributed by atoms with van der Waals surface area (Å²) in [5.41, 5.74) is 5.39. The first-order valence-electron chi connectivity index (χ1n) is 12.5. The lowest BCUT2D eigenvalue weighted by atomic mass is 9.81. The third-order valence-electron chi connectivity index (χ3n) is 7.34. The second kappa shape index (κ2) is 10.1. The molecule has 194 valence electrons. The summed E-state index contributed by atoms with van der Waals surface area (Å²) >= 11 is -1.66. The van der Waals surface area contributed by atoms with Crippen LogP contribution in [0.15, 0.2) is 42.0 Å². The molecule has 37 heavy (non-hydrogen) atoms. The summed E-state index contributed by atoms with van der Waals surface area (Å²) in [6.07, 6.45) is 7.39. The number of carbonyl (C=O) groups is 2. The van der Waals surface area contributed by atoms with E-state index in [1.807, 2.05) is 28.8 Å². The average Bonchev–Trinajstić information content (AvgIpc) is 3.10. The minimum absolute atomic E-state index is 0.166. The summed E-state index contributed by atoms with van der Waals surface area (Å²) in [5.74, 6) is -0.430. The molecule has 2 heterocycles. The van der Waals surface area contributed by atoms with Crippen LogP contribution in [-0.4, -0.2) is 51.3 Å². The number of ether oxygens (including phenoxy) is 1. The van der Waals surface area contributed by atoms with Crippen LogP contribution >= 0.6 is 0 Å². The van der Waals surface area contributed by atoms with Crippen molar-refractivity contribution in [3.05, 3.63) is 58.7 Å². The fourth-order valence-electron chi connectivity index (χ4n) is 5.54. The molecule has 2 N–H and O–H groups in total. The van der Waals surface area contributed by atoms with E-state index >= 15 is 0 Å². The van der Waals surface area contributed by atoms with E-state index in [0.717, 1.165) is 53.4 Å². The highest BCUT2D eigenvalue weighted by Gasteiger charge is 2.30. The molecule has 9 heteroatoms. The zero-order chi connectivity index (χ0) is 26.3. The number of hydrogen-bond acceptors (Lipinski definition) is 4. The quantitative estimate of drug-likeness (QED) is 0.489. The molecular weight excluding hydrogens is 490 g/mol. The highest BCUT2D eigenvalue weighted by atomic mass is 32.2. The fourth-order valence-corrected chi connectivity index (χ4v) is 6.00. The van der Waals surface area contributed by atoms with Crippen LogP contribution in [0.2, 0.25) is 0 Å². The Balaban J connectivity index is 1.76. The van der Waals surface area contributed by atoms with Crippen LogP contribution in [0, 0.1) is 0 Å². The lowest BCUT2D eigenvalue weighted by Crippen LogP contribution is -2.34. The van der Waals surface area contributed by atoms with Crippen molar-refractivity contribution < 1.29 is 23.6 Å². The van der Waals surface area contributed by atoms with E-state index in [9.17, 15) is 18.9 Å². The molecule has 2 aliphatic rings. The van der Waals surface area contributed by atoms with Crippen LogP contribution in [0.4, 0.5) is 0 Å². The van der Waals surface area contributed by atoms with Crippen molar-refractivity contribution in [2.75, 3.05) is 21.2 Å². The number of benzene rings is 2. The summed E-state index contributed by atoms with van der Waals surface area (Å²) < 4.78 is 23.6.